The quantitative estimate of drug-likeness (QED) is 0.232. The van der Waals surface area contributed by atoms with Gasteiger partial charge in [0.2, 0.25) is 0 Å². The second-order valence-corrected chi connectivity index (χ2v) is 10.9. The van der Waals surface area contributed by atoms with Crippen molar-refractivity contribution in [2.45, 2.75) is 31.7 Å². The number of hydrogen-bond donors (Lipinski definition) is 1. The number of aromatic amines is 1. The van der Waals surface area contributed by atoms with Crippen molar-refractivity contribution in [2.75, 3.05) is 6.61 Å². The summed E-state index contributed by atoms with van der Waals surface area (Å²) in [7, 11) is 0. The first kappa shape index (κ1) is 28.1. The van der Waals surface area contributed by atoms with Crippen LogP contribution in [0, 0.1) is 17.6 Å². The number of nitrogens with one attached hydrogen (secondary N) is 1. The number of halogens is 4. The van der Waals surface area contributed by atoms with E-state index in [1.165, 1.54) is 29.5 Å². The molecule has 42 heavy (non-hydrogen) atoms. The Labute approximate surface area is 248 Å². The van der Waals surface area contributed by atoms with Gasteiger partial charge in [0.1, 0.15) is 42.2 Å². The van der Waals surface area contributed by atoms with Crippen molar-refractivity contribution in [3.63, 3.8) is 0 Å². The fraction of sp³-hybridized carbons (Fsp3) is 0.241. The molecular weight excluding hydrogens is 589 g/mol. The van der Waals surface area contributed by atoms with E-state index in [4.69, 9.17) is 32.7 Å². The fourth-order valence-corrected chi connectivity index (χ4v) is 5.62. The second kappa shape index (κ2) is 11.7. The molecule has 3 heterocycles. The zero-order valence-corrected chi connectivity index (χ0v) is 23.5. The Kier molecular flexibility index (Phi) is 7.80. The van der Waals surface area contributed by atoms with Gasteiger partial charge in [0.25, 0.3) is 0 Å². The molecule has 13 heteroatoms. The van der Waals surface area contributed by atoms with Crippen molar-refractivity contribution in [1.82, 2.24) is 29.5 Å². The van der Waals surface area contributed by atoms with Gasteiger partial charge < -0.3 is 9.47 Å². The standard InChI is InChI=1S/C29H24Cl2F2N6O3/c30-21-4-1-20(25(31)9-21)14-41-23-6-2-19(3-7-23)27-36-28(40)39(37-27)12-18-11-29(42-13-18,15-38-17-34-16-35-38)24-8-5-22(32)10-26(24)33/h1-10,16-18H,11-15H2,(H,36,37,40)/t18-,29-/m0/s1. The minimum Gasteiger partial charge on any atom is -0.489 e. The number of nitrogens with zero attached hydrogens (tertiary/aromatic N) is 5. The first-order valence-corrected chi connectivity index (χ1v) is 13.8. The summed E-state index contributed by atoms with van der Waals surface area (Å²) in [6.07, 6.45) is 3.24. The molecule has 1 fully saturated rings. The highest BCUT2D eigenvalue weighted by Gasteiger charge is 2.44. The Balaban J connectivity index is 1.15. The summed E-state index contributed by atoms with van der Waals surface area (Å²) in [6.45, 7) is 0.917. The minimum atomic E-state index is -1.12. The normalized spacial score (nSPS) is 18.4. The topological polar surface area (TPSA) is 99.8 Å². The monoisotopic (exact) mass is 612 g/mol. The molecule has 0 unspecified atom stereocenters. The molecule has 0 spiro atoms. The fourth-order valence-electron chi connectivity index (χ4n) is 5.16. The van der Waals surface area contributed by atoms with E-state index in [9.17, 15) is 13.6 Å². The van der Waals surface area contributed by atoms with Crippen molar-refractivity contribution in [3.8, 4) is 17.1 Å². The van der Waals surface area contributed by atoms with Gasteiger partial charge in [-0.2, -0.15) is 5.10 Å². The van der Waals surface area contributed by atoms with Gasteiger partial charge in [0.05, 0.1) is 19.7 Å². The Hall–Kier alpha value is -4.06. The highest BCUT2D eigenvalue weighted by atomic mass is 35.5. The lowest BCUT2D eigenvalue weighted by Crippen LogP contribution is -2.33. The molecule has 0 radical (unpaired) electrons. The molecule has 0 saturated carbocycles. The summed E-state index contributed by atoms with van der Waals surface area (Å²) in [5.74, 6) is -0.556. The molecule has 0 aliphatic carbocycles. The maximum absolute atomic E-state index is 14.9. The number of benzene rings is 3. The molecular formula is C29H24Cl2F2N6O3. The Bertz CT molecular complexity index is 1760. The van der Waals surface area contributed by atoms with Crippen LogP contribution < -0.4 is 10.4 Å². The molecule has 216 valence electrons. The van der Waals surface area contributed by atoms with E-state index in [0.717, 1.165) is 11.6 Å². The molecule has 1 N–H and O–H groups in total. The molecule has 1 aliphatic rings. The van der Waals surface area contributed by atoms with Crippen molar-refractivity contribution in [2.24, 2.45) is 5.92 Å². The molecule has 1 saturated heterocycles. The predicted octanol–water partition coefficient (Wildman–Crippen LogP) is 5.63. The van der Waals surface area contributed by atoms with Crippen molar-refractivity contribution in [3.05, 3.63) is 117 Å². The number of ether oxygens (including phenoxy) is 2. The van der Waals surface area contributed by atoms with Gasteiger partial charge in [-0.3, -0.25) is 4.98 Å². The largest absolute Gasteiger partial charge is 0.489 e. The zero-order valence-electron chi connectivity index (χ0n) is 22.0. The number of hydrogen-bond acceptors (Lipinski definition) is 6. The van der Waals surface area contributed by atoms with E-state index in [0.29, 0.717) is 33.6 Å². The van der Waals surface area contributed by atoms with Crippen LogP contribution in [-0.2, 0) is 30.0 Å². The van der Waals surface area contributed by atoms with E-state index >= 15 is 0 Å². The van der Waals surface area contributed by atoms with E-state index < -0.39 is 17.2 Å². The molecule has 6 rings (SSSR count). The molecule has 9 nitrogen and oxygen atoms in total. The van der Waals surface area contributed by atoms with Crippen LogP contribution in [0.3, 0.4) is 0 Å². The van der Waals surface area contributed by atoms with Crippen LogP contribution in [0.1, 0.15) is 17.5 Å². The third kappa shape index (κ3) is 5.94. The van der Waals surface area contributed by atoms with Gasteiger partial charge in [-0.05, 0) is 48.9 Å². The lowest BCUT2D eigenvalue weighted by atomic mass is 9.86. The van der Waals surface area contributed by atoms with Crippen molar-refractivity contribution in [1.29, 1.82) is 0 Å². The molecule has 5 aromatic rings. The molecule has 2 aromatic heterocycles. The van der Waals surface area contributed by atoms with Gasteiger partial charge in [-0.25, -0.2) is 27.9 Å². The SMILES string of the molecule is O=c1[nH]c(-c2ccc(OCc3ccc(Cl)cc3Cl)cc2)nn1C[C@H]1CO[C@@](Cn2cncn2)(c2ccc(F)cc2F)C1. The highest BCUT2D eigenvalue weighted by molar-refractivity contribution is 6.35. The Morgan fingerprint density at radius 1 is 1.10 bits per heavy atom. The summed E-state index contributed by atoms with van der Waals surface area (Å²) in [5, 5.41) is 9.69. The van der Waals surface area contributed by atoms with Gasteiger partial charge >= 0.3 is 5.69 Å². The number of H-pyrrole nitrogens is 1. The highest BCUT2D eigenvalue weighted by Crippen LogP contribution is 2.42. The van der Waals surface area contributed by atoms with E-state index in [2.05, 4.69) is 20.2 Å². The number of rotatable bonds is 9. The van der Waals surface area contributed by atoms with Crippen LogP contribution in [0.15, 0.2) is 78.1 Å². The van der Waals surface area contributed by atoms with Crippen LogP contribution in [0.2, 0.25) is 10.0 Å². The van der Waals surface area contributed by atoms with Crippen molar-refractivity contribution >= 4 is 23.2 Å². The van der Waals surface area contributed by atoms with E-state index in [1.807, 2.05) is 0 Å². The van der Waals surface area contributed by atoms with Crippen LogP contribution >= 0.6 is 23.2 Å². The maximum atomic E-state index is 14.9. The first-order chi connectivity index (χ1) is 20.3. The molecule has 1 aliphatic heterocycles. The number of aromatic nitrogens is 6. The van der Waals surface area contributed by atoms with E-state index in [-0.39, 0.29) is 43.5 Å². The van der Waals surface area contributed by atoms with Gasteiger partial charge in [0.15, 0.2) is 5.82 Å². The average molecular weight is 613 g/mol. The smallest absolute Gasteiger partial charge is 0.343 e. The summed E-state index contributed by atoms with van der Waals surface area (Å²) >= 11 is 12.2. The Morgan fingerprint density at radius 2 is 1.93 bits per heavy atom. The predicted molar refractivity (Wildman–Crippen MR) is 151 cm³/mol. The van der Waals surface area contributed by atoms with Crippen molar-refractivity contribution < 1.29 is 18.3 Å². The first-order valence-electron chi connectivity index (χ1n) is 13.0. The Morgan fingerprint density at radius 3 is 2.67 bits per heavy atom. The van der Waals surface area contributed by atoms with Gasteiger partial charge in [-0.1, -0.05) is 35.3 Å². The van der Waals surface area contributed by atoms with Gasteiger partial charge in [-0.15, -0.1) is 5.10 Å². The summed E-state index contributed by atoms with van der Waals surface area (Å²) < 4.78 is 43.5. The van der Waals surface area contributed by atoms with Crippen LogP contribution in [-0.4, -0.2) is 36.1 Å². The lowest BCUT2D eigenvalue weighted by Gasteiger charge is -2.29. The summed E-state index contributed by atoms with van der Waals surface area (Å²) in [5.41, 5.74) is 0.211. The zero-order chi connectivity index (χ0) is 29.3. The lowest BCUT2D eigenvalue weighted by molar-refractivity contribution is -0.0205. The molecule has 3 aromatic carbocycles. The van der Waals surface area contributed by atoms with Crippen LogP contribution in [0.5, 0.6) is 5.75 Å². The molecule has 2 atom stereocenters. The third-order valence-corrected chi connectivity index (χ3v) is 7.76. The van der Waals surface area contributed by atoms with Crippen LogP contribution in [0.25, 0.3) is 11.4 Å². The van der Waals surface area contributed by atoms with Gasteiger partial charge in [0, 0.05) is 38.7 Å². The van der Waals surface area contributed by atoms with Crippen LogP contribution in [0.4, 0.5) is 8.78 Å². The molecule has 0 bridgehead atoms. The molecule has 0 amide bonds. The minimum absolute atomic E-state index is 0.172. The van der Waals surface area contributed by atoms with E-state index in [1.54, 1.807) is 47.1 Å². The maximum Gasteiger partial charge on any atom is 0.343 e. The third-order valence-electron chi connectivity index (χ3n) is 7.17. The second-order valence-electron chi connectivity index (χ2n) is 10.1. The average Bonchev–Trinajstić information content (AvgIpc) is 3.70. The summed E-state index contributed by atoms with van der Waals surface area (Å²) in [4.78, 5) is 19.5. The summed E-state index contributed by atoms with van der Waals surface area (Å²) in [6, 6.07) is 15.8.